The molecule has 0 aromatic heterocycles. The fourth-order valence-corrected chi connectivity index (χ4v) is 3.07. The minimum Gasteiger partial charge on any atom is -0.414 e. The van der Waals surface area contributed by atoms with E-state index in [1.54, 1.807) is 0 Å². The maximum absolute atomic E-state index is 8.93. The van der Waals surface area contributed by atoms with Crippen LogP contribution in [0.5, 0.6) is 0 Å². The Morgan fingerprint density at radius 3 is 2.13 bits per heavy atom. The average Bonchev–Trinajstić information content (AvgIpc) is 1.98. The maximum atomic E-state index is 8.93. The van der Waals surface area contributed by atoms with Gasteiger partial charge in [-0.1, -0.05) is 20.8 Å². The third-order valence-corrected chi connectivity index (χ3v) is 8.43. The molecule has 0 N–H and O–H groups in total. The molecule has 0 aromatic carbocycles. The third kappa shape index (κ3) is 2.62. The van der Waals surface area contributed by atoms with E-state index in [0.717, 1.165) is 12.8 Å². The zero-order chi connectivity index (χ0) is 11.9. The standard InChI is InChI=1S/C12H23NOSi/c1-11(2,3)15(5,6)14-10-7-12(4,8-10)9-13/h10H,7-8H2,1-6H3. The molecule has 0 amide bonds. The Kier molecular flexibility index (Phi) is 3.06. The summed E-state index contributed by atoms with van der Waals surface area (Å²) < 4.78 is 6.22. The first kappa shape index (κ1) is 12.7. The Labute approximate surface area is 94.8 Å². The van der Waals surface area contributed by atoms with Gasteiger partial charge in [-0.25, -0.2) is 0 Å². The van der Waals surface area contributed by atoms with Crippen LogP contribution in [-0.4, -0.2) is 14.4 Å². The summed E-state index contributed by atoms with van der Waals surface area (Å²) in [5, 5.41) is 9.20. The van der Waals surface area contributed by atoms with E-state index in [9.17, 15) is 0 Å². The first-order chi connectivity index (χ1) is 6.60. The van der Waals surface area contributed by atoms with E-state index < -0.39 is 8.32 Å². The van der Waals surface area contributed by atoms with Gasteiger partial charge in [-0.3, -0.25) is 0 Å². The minimum atomic E-state index is -1.62. The van der Waals surface area contributed by atoms with E-state index >= 15 is 0 Å². The van der Waals surface area contributed by atoms with Crippen molar-refractivity contribution in [3.63, 3.8) is 0 Å². The van der Waals surface area contributed by atoms with Gasteiger partial charge in [0.25, 0.3) is 0 Å². The summed E-state index contributed by atoms with van der Waals surface area (Å²) in [7, 11) is -1.62. The Bertz CT molecular complexity index is 279. The van der Waals surface area contributed by atoms with Gasteiger partial charge in [-0.15, -0.1) is 0 Å². The third-order valence-electron chi connectivity index (χ3n) is 3.89. The smallest absolute Gasteiger partial charge is 0.192 e. The van der Waals surface area contributed by atoms with Crippen LogP contribution in [0.15, 0.2) is 0 Å². The predicted octanol–water partition coefficient (Wildman–Crippen LogP) is 3.70. The first-order valence-corrected chi connectivity index (χ1v) is 8.60. The molecule has 1 rings (SSSR count). The van der Waals surface area contributed by atoms with Crippen LogP contribution >= 0.6 is 0 Å². The van der Waals surface area contributed by atoms with Crippen molar-refractivity contribution in [1.82, 2.24) is 0 Å². The summed E-state index contributed by atoms with van der Waals surface area (Å²) in [5.41, 5.74) is -0.118. The summed E-state index contributed by atoms with van der Waals surface area (Å²) in [5.74, 6) is 0. The molecule has 1 aliphatic carbocycles. The number of hydrogen-bond acceptors (Lipinski definition) is 2. The van der Waals surface area contributed by atoms with Crippen LogP contribution in [-0.2, 0) is 4.43 Å². The molecule has 3 heteroatoms. The quantitative estimate of drug-likeness (QED) is 0.671. The molecule has 0 heterocycles. The second-order valence-corrected chi connectivity index (χ2v) is 11.3. The normalized spacial score (nSPS) is 31.9. The van der Waals surface area contributed by atoms with Crippen molar-refractivity contribution in [2.45, 2.75) is 64.8 Å². The van der Waals surface area contributed by atoms with Gasteiger partial charge in [0.1, 0.15) is 0 Å². The lowest BCUT2D eigenvalue weighted by molar-refractivity contribution is 0.0233. The molecule has 0 aliphatic heterocycles. The van der Waals surface area contributed by atoms with Crippen LogP contribution in [0.25, 0.3) is 0 Å². The van der Waals surface area contributed by atoms with Crippen LogP contribution in [0.3, 0.4) is 0 Å². The highest BCUT2D eigenvalue weighted by molar-refractivity contribution is 6.74. The number of nitrogens with zero attached hydrogens (tertiary/aromatic N) is 1. The summed E-state index contributed by atoms with van der Waals surface area (Å²) in [4.78, 5) is 0. The van der Waals surface area contributed by atoms with E-state index in [0.29, 0.717) is 6.10 Å². The van der Waals surface area contributed by atoms with Crippen molar-refractivity contribution < 1.29 is 4.43 Å². The molecule has 2 nitrogen and oxygen atoms in total. The summed E-state index contributed by atoms with van der Waals surface area (Å²) in [6.45, 7) is 13.3. The van der Waals surface area contributed by atoms with Gasteiger partial charge in [0, 0.05) is 6.10 Å². The molecule has 0 aromatic rings. The van der Waals surface area contributed by atoms with E-state index in [1.165, 1.54) is 0 Å². The second-order valence-electron chi connectivity index (χ2n) is 6.58. The SMILES string of the molecule is CC1(C#N)CC(O[Si](C)(C)C(C)(C)C)C1. The van der Waals surface area contributed by atoms with Crippen molar-refractivity contribution in [3.05, 3.63) is 0 Å². The van der Waals surface area contributed by atoms with Crippen LogP contribution in [0, 0.1) is 16.7 Å². The van der Waals surface area contributed by atoms with Gasteiger partial charge in [0.15, 0.2) is 8.32 Å². The van der Waals surface area contributed by atoms with Gasteiger partial charge in [0.05, 0.1) is 11.5 Å². The Balaban J connectivity index is 2.50. The van der Waals surface area contributed by atoms with E-state index in [1.807, 2.05) is 6.92 Å². The highest BCUT2D eigenvalue weighted by atomic mass is 28.4. The number of nitriles is 1. The molecule has 0 spiro atoms. The monoisotopic (exact) mass is 225 g/mol. The highest BCUT2D eigenvalue weighted by Crippen LogP contribution is 2.46. The molecular weight excluding hydrogens is 202 g/mol. The lowest BCUT2D eigenvalue weighted by atomic mass is 9.70. The van der Waals surface area contributed by atoms with E-state index in [2.05, 4.69) is 39.9 Å². The van der Waals surface area contributed by atoms with E-state index in [-0.39, 0.29) is 10.5 Å². The van der Waals surface area contributed by atoms with Crippen molar-refractivity contribution in [2.24, 2.45) is 5.41 Å². The lowest BCUT2D eigenvalue weighted by Crippen LogP contribution is -2.50. The molecule has 0 atom stereocenters. The molecule has 15 heavy (non-hydrogen) atoms. The van der Waals surface area contributed by atoms with Crippen molar-refractivity contribution in [1.29, 1.82) is 5.26 Å². The molecule has 0 bridgehead atoms. The zero-order valence-electron chi connectivity index (χ0n) is 10.8. The van der Waals surface area contributed by atoms with Crippen LogP contribution in [0.2, 0.25) is 18.1 Å². The van der Waals surface area contributed by atoms with Crippen LogP contribution in [0.4, 0.5) is 0 Å². The minimum absolute atomic E-state index is 0.118. The topological polar surface area (TPSA) is 33.0 Å². The predicted molar refractivity (Wildman–Crippen MR) is 65.0 cm³/mol. The number of rotatable bonds is 2. The molecule has 1 fully saturated rings. The molecule has 86 valence electrons. The molecular formula is C12H23NOSi. The Morgan fingerprint density at radius 1 is 1.33 bits per heavy atom. The van der Waals surface area contributed by atoms with Gasteiger partial charge in [-0.05, 0) is 37.9 Å². The highest BCUT2D eigenvalue weighted by Gasteiger charge is 2.46. The van der Waals surface area contributed by atoms with Crippen molar-refractivity contribution >= 4 is 8.32 Å². The maximum Gasteiger partial charge on any atom is 0.192 e. The van der Waals surface area contributed by atoms with Gasteiger partial charge in [0.2, 0.25) is 0 Å². The average molecular weight is 225 g/mol. The lowest BCUT2D eigenvalue weighted by Gasteiger charge is -2.47. The fraction of sp³-hybridized carbons (Fsp3) is 0.917. The largest absolute Gasteiger partial charge is 0.414 e. The van der Waals surface area contributed by atoms with Crippen LogP contribution in [0.1, 0.15) is 40.5 Å². The van der Waals surface area contributed by atoms with Crippen molar-refractivity contribution in [3.8, 4) is 6.07 Å². The van der Waals surface area contributed by atoms with Gasteiger partial charge in [-0.2, -0.15) is 5.26 Å². The molecule has 0 unspecified atom stereocenters. The summed E-state index contributed by atoms with van der Waals surface area (Å²) >= 11 is 0. The van der Waals surface area contributed by atoms with Gasteiger partial charge < -0.3 is 4.43 Å². The second kappa shape index (κ2) is 3.60. The zero-order valence-corrected chi connectivity index (χ0v) is 11.8. The summed E-state index contributed by atoms with van der Waals surface area (Å²) in [6.07, 6.45) is 2.15. The summed E-state index contributed by atoms with van der Waals surface area (Å²) in [6, 6.07) is 2.37. The van der Waals surface area contributed by atoms with Crippen molar-refractivity contribution in [2.75, 3.05) is 0 Å². The fourth-order valence-electron chi connectivity index (χ4n) is 1.71. The van der Waals surface area contributed by atoms with Gasteiger partial charge >= 0.3 is 0 Å². The molecule has 1 saturated carbocycles. The van der Waals surface area contributed by atoms with E-state index in [4.69, 9.17) is 9.69 Å². The molecule has 1 aliphatic rings. The number of hydrogen-bond donors (Lipinski definition) is 0. The Hall–Kier alpha value is -0.333. The van der Waals surface area contributed by atoms with Crippen LogP contribution < -0.4 is 0 Å². The molecule has 0 saturated heterocycles. The first-order valence-electron chi connectivity index (χ1n) is 5.69. The Morgan fingerprint density at radius 2 is 1.80 bits per heavy atom. The molecule has 0 radical (unpaired) electrons.